The lowest BCUT2D eigenvalue weighted by Crippen LogP contribution is -2.20. The molecule has 0 atom stereocenters. The molecule has 0 aromatic heterocycles. The second-order valence-corrected chi connectivity index (χ2v) is 3.49. The van der Waals surface area contributed by atoms with Crippen molar-refractivity contribution >= 4 is 11.8 Å². The van der Waals surface area contributed by atoms with Gasteiger partial charge in [-0.1, -0.05) is 27.7 Å². The maximum absolute atomic E-state index is 2.34. The number of thioether (sulfide) groups is 1. The zero-order valence-electron chi connectivity index (χ0n) is 8.68. The van der Waals surface area contributed by atoms with Gasteiger partial charge in [-0.25, -0.2) is 0 Å². The van der Waals surface area contributed by atoms with E-state index in [0.29, 0.717) is 0 Å². The Kier molecular flexibility index (Phi) is 16.3. The van der Waals surface area contributed by atoms with Crippen LogP contribution in [0.4, 0.5) is 0 Å². The van der Waals surface area contributed by atoms with E-state index in [2.05, 4.69) is 25.8 Å². The first-order valence-corrected chi connectivity index (χ1v) is 5.73. The highest BCUT2D eigenvalue weighted by Crippen LogP contribution is 1.97. The first-order chi connectivity index (χ1) is 5.31. The van der Waals surface area contributed by atoms with Crippen LogP contribution in [0.15, 0.2) is 0 Å². The SMILES string of the molecule is CC.CCSCCN(C)CC. The summed E-state index contributed by atoms with van der Waals surface area (Å²) in [5.74, 6) is 2.53. The standard InChI is InChI=1S/C7H17NS.C2H6/c1-4-8(3)6-7-9-5-2;1-2/h4-7H2,1-3H3;1-2H3. The summed E-state index contributed by atoms with van der Waals surface area (Å²) in [6, 6.07) is 0. The quantitative estimate of drug-likeness (QED) is 0.594. The van der Waals surface area contributed by atoms with Crippen molar-refractivity contribution in [2.24, 2.45) is 0 Å². The summed E-state index contributed by atoms with van der Waals surface area (Å²) in [7, 11) is 2.16. The molecular formula is C9H23NS. The van der Waals surface area contributed by atoms with Gasteiger partial charge in [-0.2, -0.15) is 11.8 Å². The third kappa shape index (κ3) is 13.3. The highest BCUT2D eigenvalue weighted by atomic mass is 32.2. The third-order valence-electron chi connectivity index (χ3n) is 1.36. The van der Waals surface area contributed by atoms with Gasteiger partial charge in [0.2, 0.25) is 0 Å². The molecule has 70 valence electrons. The van der Waals surface area contributed by atoms with Crippen molar-refractivity contribution in [3.8, 4) is 0 Å². The van der Waals surface area contributed by atoms with Crippen molar-refractivity contribution in [1.82, 2.24) is 4.90 Å². The van der Waals surface area contributed by atoms with E-state index < -0.39 is 0 Å². The van der Waals surface area contributed by atoms with E-state index in [1.165, 1.54) is 24.6 Å². The highest BCUT2D eigenvalue weighted by molar-refractivity contribution is 7.99. The van der Waals surface area contributed by atoms with Gasteiger partial charge >= 0.3 is 0 Å². The number of rotatable bonds is 5. The molecule has 1 nitrogen and oxygen atoms in total. The van der Waals surface area contributed by atoms with Crippen LogP contribution in [-0.4, -0.2) is 36.5 Å². The summed E-state index contributed by atoms with van der Waals surface area (Å²) in [5.41, 5.74) is 0. The maximum atomic E-state index is 2.34. The van der Waals surface area contributed by atoms with Crippen LogP contribution in [0.25, 0.3) is 0 Å². The Morgan fingerprint density at radius 1 is 1.18 bits per heavy atom. The smallest absolute Gasteiger partial charge is 0.00692 e. The predicted octanol–water partition coefficient (Wildman–Crippen LogP) is 2.72. The lowest BCUT2D eigenvalue weighted by Gasteiger charge is -2.11. The minimum atomic E-state index is 1.17. The number of hydrogen-bond acceptors (Lipinski definition) is 2. The molecule has 0 aromatic carbocycles. The predicted molar refractivity (Wildman–Crippen MR) is 57.5 cm³/mol. The van der Waals surface area contributed by atoms with E-state index in [1.54, 1.807) is 0 Å². The molecule has 2 heteroatoms. The molecule has 11 heavy (non-hydrogen) atoms. The fourth-order valence-electron chi connectivity index (χ4n) is 0.523. The molecule has 0 heterocycles. The van der Waals surface area contributed by atoms with Crippen LogP contribution in [0.5, 0.6) is 0 Å². The fraction of sp³-hybridized carbons (Fsp3) is 1.00. The molecule has 0 aromatic rings. The van der Waals surface area contributed by atoms with Crippen LogP contribution < -0.4 is 0 Å². The minimum absolute atomic E-state index is 1.17. The molecule has 0 saturated carbocycles. The van der Waals surface area contributed by atoms with Gasteiger partial charge in [-0.15, -0.1) is 0 Å². The summed E-state index contributed by atoms with van der Waals surface area (Å²) < 4.78 is 0. The average Bonchev–Trinajstić information content (AvgIpc) is 2.08. The van der Waals surface area contributed by atoms with Crippen LogP contribution in [-0.2, 0) is 0 Å². The summed E-state index contributed by atoms with van der Waals surface area (Å²) in [5, 5.41) is 0. The summed E-state index contributed by atoms with van der Waals surface area (Å²) in [6.45, 7) is 10.8. The molecule has 0 aliphatic carbocycles. The van der Waals surface area contributed by atoms with Gasteiger partial charge in [-0.05, 0) is 19.3 Å². The Hall–Kier alpha value is 0.310. The van der Waals surface area contributed by atoms with Crippen LogP contribution in [0.3, 0.4) is 0 Å². The van der Waals surface area contributed by atoms with Gasteiger partial charge in [0.1, 0.15) is 0 Å². The van der Waals surface area contributed by atoms with E-state index in [9.17, 15) is 0 Å². The molecule has 0 N–H and O–H groups in total. The molecule has 0 aliphatic rings. The molecule has 0 fully saturated rings. The van der Waals surface area contributed by atoms with Crippen molar-refractivity contribution in [2.75, 3.05) is 31.6 Å². The summed E-state index contributed by atoms with van der Waals surface area (Å²) >= 11 is 2.01. The van der Waals surface area contributed by atoms with Crippen LogP contribution >= 0.6 is 11.8 Å². The van der Waals surface area contributed by atoms with Gasteiger partial charge in [0.25, 0.3) is 0 Å². The molecule has 0 spiro atoms. The first-order valence-electron chi connectivity index (χ1n) is 4.57. The highest BCUT2D eigenvalue weighted by Gasteiger charge is 1.91. The first kappa shape index (κ1) is 13.9. The zero-order chi connectivity index (χ0) is 9.11. The molecule has 0 bridgehead atoms. The minimum Gasteiger partial charge on any atom is -0.306 e. The number of hydrogen-bond donors (Lipinski definition) is 0. The molecule has 0 saturated heterocycles. The summed E-state index contributed by atoms with van der Waals surface area (Å²) in [6.07, 6.45) is 0. The Morgan fingerprint density at radius 2 is 1.73 bits per heavy atom. The van der Waals surface area contributed by atoms with Crippen LogP contribution in [0.1, 0.15) is 27.7 Å². The van der Waals surface area contributed by atoms with E-state index in [1.807, 2.05) is 25.6 Å². The van der Waals surface area contributed by atoms with E-state index in [-0.39, 0.29) is 0 Å². The van der Waals surface area contributed by atoms with E-state index >= 15 is 0 Å². The van der Waals surface area contributed by atoms with E-state index in [4.69, 9.17) is 0 Å². The van der Waals surface area contributed by atoms with Crippen LogP contribution in [0, 0.1) is 0 Å². The fourth-order valence-corrected chi connectivity index (χ4v) is 1.25. The van der Waals surface area contributed by atoms with E-state index in [0.717, 1.165) is 0 Å². The summed E-state index contributed by atoms with van der Waals surface area (Å²) in [4.78, 5) is 2.34. The van der Waals surface area contributed by atoms with Crippen molar-refractivity contribution in [3.63, 3.8) is 0 Å². The Labute approximate surface area is 76.5 Å². The van der Waals surface area contributed by atoms with Gasteiger partial charge in [0.05, 0.1) is 0 Å². The maximum Gasteiger partial charge on any atom is 0.00692 e. The average molecular weight is 177 g/mol. The molecule has 0 radical (unpaired) electrons. The Bertz CT molecular complexity index is 57.5. The van der Waals surface area contributed by atoms with Crippen molar-refractivity contribution < 1.29 is 0 Å². The monoisotopic (exact) mass is 177 g/mol. The second-order valence-electron chi connectivity index (χ2n) is 2.09. The Balaban J connectivity index is 0. The molecule has 0 amide bonds. The van der Waals surface area contributed by atoms with Gasteiger partial charge in [-0.3, -0.25) is 0 Å². The van der Waals surface area contributed by atoms with Gasteiger partial charge < -0.3 is 4.90 Å². The molecular weight excluding hydrogens is 154 g/mol. The molecule has 0 rings (SSSR count). The van der Waals surface area contributed by atoms with Crippen molar-refractivity contribution in [2.45, 2.75) is 27.7 Å². The lowest BCUT2D eigenvalue weighted by atomic mass is 10.6. The number of nitrogens with zero attached hydrogens (tertiary/aromatic N) is 1. The Morgan fingerprint density at radius 3 is 2.09 bits per heavy atom. The lowest BCUT2D eigenvalue weighted by molar-refractivity contribution is 0.376. The van der Waals surface area contributed by atoms with Gasteiger partial charge in [0, 0.05) is 12.3 Å². The topological polar surface area (TPSA) is 3.24 Å². The third-order valence-corrected chi connectivity index (χ3v) is 2.24. The van der Waals surface area contributed by atoms with Crippen molar-refractivity contribution in [1.29, 1.82) is 0 Å². The normalized spacial score (nSPS) is 9.27. The van der Waals surface area contributed by atoms with Crippen molar-refractivity contribution in [3.05, 3.63) is 0 Å². The zero-order valence-corrected chi connectivity index (χ0v) is 9.50. The second kappa shape index (κ2) is 12.9. The van der Waals surface area contributed by atoms with Crippen LogP contribution in [0.2, 0.25) is 0 Å². The molecule has 0 aliphatic heterocycles. The molecule has 0 unspecified atom stereocenters. The van der Waals surface area contributed by atoms with Gasteiger partial charge in [0.15, 0.2) is 0 Å². The largest absolute Gasteiger partial charge is 0.306 e.